The zero-order valence-corrected chi connectivity index (χ0v) is 9.58. The molecule has 1 rings (SSSR count). The van der Waals surface area contributed by atoms with Gasteiger partial charge in [0.15, 0.2) is 6.04 Å². The van der Waals surface area contributed by atoms with Gasteiger partial charge in [0, 0.05) is 6.92 Å². The number of aliphatic carboxylic acids is 1. The third-order valence-electron chi connectivity index (χ3n) is 2.22. The van der Waals surface area contributed by atoms with Crippen LogP contribution in [0, 0.1) is 5.82 Å². The van der Waals surface area contributed by atoms with Crippen LogP contribution < -0.4 is 5.32 Å². The number of nitrogens with one attached hydrogen (secondary N) is 1. The lowest BCUT2D eigenvalue weighted by atomic mass is 10.0. The fourth-order valence-corrected chi connectivity index (χ4v) is 1.43. The minimum atomic E-state index is -4.95. The van der Waals surface area contributed by atoms with Crippen molar-refractivity contribution in [2.24, 2.45) is 0 Å². The first kappa shape index (κ1) is 14.9. The number of carboxylic acid groups (broad SMARTS) is 1. The van der Waals surface area contributed by atoms with Crippen LogP contribution in [0.2, 0.25) is 0 Å². The van der Waals surface area contributed by atoms with Crippen LogP contribution in [0.1, 0.15) is 24.1 Å². The number of alkyl halides is 3. The van der Waals surface area contributed by atoms with Crippen molar-refractivity contribution < 1.29 is 32.3 Å². The Morgan fingerprint density at radius 2 is 1.89 bits per heavy atom. The van der Waals surface area contributed by atoms with Gasteiger partial charge in [-0.1, -0.05) is 6.07 Å². The van der Waals surface area contributed by atoms with E-state index >= 15 is 0 Å². The van der Waals surface area contributed by atoms with E-state index in [-0.39, 0.29) is 5.56 Å². The molecule has 0 bridgehead atoms. The van der Waals surface area contributed by atoms with Crippen LogP contribution in [0.15, 0.2) is 18.2 Å². The quantitative estimate of drug-likeness (QED) is 0.833. The van der Waals surface area contributed by atoms with Gasteiger partial charge in [0.05, 0.1) is 5.56 Å². The lowest BCUT2D eigenvalue weighted by Gasteiger charge is -2.16. The number of halogens is 4. The maximum atomic E-state index is 13.0. The van der Waals surface area contributed by atoms with Crippen molar-refractivity contribution in [3.63, 3.8) is 0 Å². The van der Waals surface area contributed by atoms with Crippen LogP contribution in [0.25, 0.3) is 0 Å². The van der Waals surface area contributed by atoms with Gasteiger partial charge in [0.1, 0.15) is 5.82 Å². The predicted octanol–water partition coefficient (Wildman–Crippen LogP) is 2.11. The first-order chi connectivity index (χ1) is 8.62. The standard InChI is InChI=1S/C11H9F4NO3/c1-5(17)16-9(10(18)19)6-2-3-8(12)7(4-6)11(13,14)15/h2-4,9H,1H3,(H,16,17)(H,18,19). The summed E-state index contributed by atoms with van der Waals surface area (Å²) in [6, 6.07) is 0.0819. The third kappa shape index (κ3) is 3.67. The second kappa shape index (κ2) is 5.25. The van der Waals surface area contributed by atoms with E-state index in [1.54, 1.807) is 0 Å². The Labute approximate surface area is 105 Å². The summed E-state index contributed by atoms with van der Waals surface area (Å²) < 4.78 is 50.5. The Hall–Kier alpha value is -2.12. The fraction of sp³-hybridized carbons (Fsp3) is 0.273. The van der Waals surface area contributed by atoms with Crippen LogP contribution in [0.5, 0.6) is 0 Å². The monoisotopic (exact) mass is 279 g/mol. The minimum absolute atomic E-state index is 0.364. The summed E-state index contributed by atoms with van der Waals surface area (Å²) in [5, 5.41) is 10.8. The van der Waals surface area contributed by atoms with Gasteiger partial charge in [-0.25, -0.2) is 9.18 Å². The molecule has 0 aromatic heterocycles. The lowest BCUT2D eigenvalue weighted by Crippen LogP contribution is -2.32. The Morgan fingerprint density at radius 3 is 2.32 bits per heavy atom. The molecule has 0 aliphatic heterocycles. The summed E-state index contributed by atoms with van der Waals surface area (Å²) in [4.78, 5) is 21.7. The van der Waals surface area contributed by atoms with Gasteiger partial charge >= 0.3 is 12.1 Å². The van der Waals surface area contributed by atoms with Crippen LogP contribution in [0.4, 0.5) is 17.6 Å². The topological polar surface area (TPSA) is 66.4 Å². The molecule has 0 saturated heterocycles. The Kier molecular flexibility index (Phi) is 4.13. The Bertz CT molecular complexity index is 513. The van der Waals surface area contributed by atoms with E-state index in [0.29, 0.717) is 12.1 Å². The van der Waals surface area contributed by atoms with Crippen molar-refractivity contribution >= 4 is 11.9 Å². The molecule has 0 radical (unpaired) electrons. The number of benzene rings is 1. The summed E-state index contributed by atoms with van der Waals surface area (Å²) >= 11 is 0. The summed E-state index contributed by atoms with van der Waals surface area (Å²) in [7, 11) is 0. The number of rotatable bonds is 3. The highest BCUT2D eigenvalue weighted by molar-refractivity contribution is 5.83. The zero-order chi connectivity index (χ0) is 14.8. The molecular weight excluding hydrogens is 270 g/mol. The first-order valence-corrected chi connectivity index (χ1v) is 4.99. The summed E-state index contributed by atoms with van der Waals surface area (Å²) in [6.45, 7) is 1.02. The highest BCUT2D eigenvalue weighted by Gasteiger charge is 2.35. The van der Waals surface area contributed by atoms with E-state index in [0.717, 1.165) is 13.0 Å². The van der Waals surface area contributed by atoms with Crippen molar-refractivity contribution in [3.05, 3.63) is 35.1 Å². The highest BCUT2D eigenvalue weighted by atomic mass is 19.4. The molecule has 1 aromatic carbocycles. The third-order valence-corrected chi connectivity index (χ3v) is 2.22. The van der Waals surface area contributed by atoms with Crippen LogP contribution >= 0.6 is 0 Å². The van der Waals surface area contributed by atoms with E-state index in [1.165, 1.54) is 0 Å². The van der Waals surface area contributed by atoms with Crippen LogP contribution in [-0.4, -0.2) is 17.0 Å². The first-order valence-electron chi connectivity index (χ1n) is 4.99. The van der Waals surface area contributed by atoms with Crippen molar-refractivity contribution in [1.82, 2.24) is 5.32 Å². The van der Waals surface area contributed by atoms with Gasteiger partial charge in [0.2, 0.25) is 5.91 Å². The molecule has 2 N–H and O–H groups in total. The smallest absolute Gasteiger partial charge is 0.419 e. The molecule has 19 heavy (non-hydrogen) atoms. The van der Waals surface area contributed by atoms with Gasteiger partial charge in [-0.15, -0.1) is 0 Å². The predicted molar refractivity (Wildman–Crippen MR) is 55.6 cm³/mol. The van der Waals surface area contributed by atoms with Gasteiger partial charge in [-0.3, -0.25) is 4.79 Å². The van der Waals surface area contributed by atoms with E-state index in [2.05, 4.69) is 0 Å². The Balaban J connectivity index is 3.26. The van der Waals surface area contributed by atoms with Crippen molar-refractivity contribution in [2.45, 2.75) is 19.1 Å². The number of carbonyl (C=O) groups excluding carboxylic acids is 1. The molecule has 0 fully saturated rings. The van der Waals surface area contributed by atoms with E-state index in [1.807, 2.05) is 5.32 Å². The fourth-order valence-electron chi connectivity index (χ4n) is 1.43. The summed E-state index contributed by atoms with van der Waals surface area (Å²) in [6.07, 6.45) is -4.95. The van der Waals surface area contributed by atoms with Crippen molar-refractivity contribution in [2.75, 3.05) is 0 Å². The second-order valence-corrected chi connectivity index (χ2v) is 3.71. The molecular formula is C11H9F4NO3. The summed E-state index contributed by atoms with van der Waals surface area (Å²) in [5.74, 6) is -3.79. The van der Waals surface area contributed by atoms with Gasteiger partial charge < -0.3 is 10.4 Å². The number of amides is 1. The minimum Gasteiger partial charge on any atom is -0.479 e. The molecule has 0 aliphatic carbocycles. The molecule has 1 aromatic rings. The molecule has 8 heteroatoms. The maximum Gasteiger partial charge on any atom is 0.419 e. The number of hydrogen-bond donors (Lipinski definition) is 2. The van der Waals surface area contributed by atoms with Crippen molar-refractivity contribution in [1.29, 1.82) is 0 Å². The van der Waals surface area contributed by atoms with Gasteiger partial charge in [0.25, 0.3) is 0 Å². The molecule has 1 atom stereocenters. The van der Waals surface area contributed by atoms with E-state index in [9.17, 15) is 27.2 Å². The maximum absolute atomic E-state index is 13.0. The normalized spacial score (nSPS) is 12.9. The number of carboxylic acids is 1. The molecule has 0 aliphatic rings. The zero-order valence-electron chi connectivity index (χ0n) is 9.58. The van der Waals surface area contributed by atoms with E-state index in [4.69, 9.17) is 5.11 Å². The molecule has 0 spiro atoms. The van der Waals surface area contributed by atoms with Gasteiger partial charge in [-0.2, -0.15) is 13.2 Å². The Morgan fingerprint density at radius 1 is 1.32 bits per heavy atom. The second-order valence-electron chi connectivity index (χ2n) is 3.71. The van der Waals surface area contributed by atoms with Crippen LogP contribution in [0.3, 0.4) is 0 Å². The van der Waals surface area contributed by atoms with E-state index < -0.39 is 35.5 Å². The van der Waals surface area contributed by atoms with Crippen LogP contribution in [-0.2, 0) is 15.8 Å². The lowest BCUT2D eigenvalue weighted by molar-refractivity contribution is -0.142. The SMILES string of the molecule is CC(=O)NC(C(=O)O)c1ccc(F)c(C(F)(F)F)c1. The number of hydrogen-bond acceptors (Lipinski definition) is 2. The molecule has 0 heterocycles. The molecule has 1 amide bonds. The average Bonchev–Trinajstić information content (AvgIpc) is 2.24. The van der Waals surface area contributed by atoms with Gasteiger partial charge in [-0.05, 0) is 17.7 Å². The van der Waals surface area contributed by atoms with Crippen molar-refractivity contribution in [3.8, 4) is 0 Å². The molecule has 1 unspecified atom stereocenters. The average molecular weight is 279 g/mol. The largest absolute Gasteiger partial charge is 0.479 e. The summed E-state index contributed by atoms with van der Waals surface area (Å²) in [5.41, 5.74) is -1.95. The molecule has 4 nitrogen and oxygen atoms in total. The molecule has 104 valence electrons. The number of carbonyl (C=O) groups is 2. The highest BCUT2D eigenvalue weighted by Crippen LogP contribution is 2.33. The molecule has 0 saturated carbocycles.